The number of hydrogen-bond acceptors (Lipinski definition) is 6. The Morgan fingerprint density at radius 1 is 1.65 bits per heavy atom. The molecular weight excluding hydrogens is 248 g/mol. The first-order valence-corrected chi connectivity index (χ1v) is 5.30. The fraction of sp³-hybridized carbons (Fsp3) is 0.400. The number of esters is 1. The van der Waals surface area contributed by atoms with E-state index in [9.17, 15) is 15.0 Å². The topological polar surface area (TPSA) is 106 Å². The molecule has 0 aliphatic carbocycles. The van der Waals surface area contributed by atoms with Crippen molar-refractivity contribution in [3.05, 3.63) is 23.4 Å². The van der Waals surface area contributed by atoms with Crippen molar-refractivity contribution >= 4 is 23.4 Å². The molecule has 4 N–H and O–H groups in total. The molecule has 0 saturated heterocycles. The van der Waals surface area contributed by atoms with Crippen molar-refractivity contribution in [2.24, 2.45) is 0 Å². The summed E-state index contributed by atoms with van der Waals surface area (Å²) >= 11 is 5.42. The van der Waals surface area contributed by atoms with Gasteiger partial charge in [0.1, 0.15) is 11.9 Å². The van der Waals surface area contributed by atoms with Crippen LogP contribution in [0.1, 0.15) is 22.0 Å². The SMILES string of the molecule is COC(=O)c1cnc(N)c(C(O)C(O)CCl)c1. The van der Waals surface area contributed by atoms with E-state index in [0.717, 1.165) is 0 Å². The second-order valence-corrected chi connectivity index (χ2v) is 3.67. The van der Waals surface area contributed by atoms with Gasteiger partial charge in [0.15, 0.2) is 0 Å². The van der Waals surface area contributed by atoms with Crippen molar-refractivity contribution < 1.29 is 19.7 Å². The maximum Gasteiger partial charge on any atom is 0.339 e. The van der Waals surface area contributed by atoms with Crippen molar-refractivity contribution in [3.8, 4) is 0 Å². The lowest BCUT2D eigenvalue weighted by Gasteiger charge is -2.17. The molecule has 0 fully saturated rings. The molecule has 7 heteroatoms. The highest BCUT2D eigenvalue weighted by Gasteiger charge is 2.22. The van der Waals surface area contributed by atoms with Gasteiger partial charge in [-0.1, -0.05) is 0 Å². The Morgan fingerprint density at radius 3 is 2.82 bits per heavy atom. The van der Waals surface area contributed by atoms with Gasteiger partial charge in [-0.3, -0.25) is 0 Å². The van der Waals surface area contributed by atoms with Crippen molar-refractivity contribution in [1.29, 1.82) is 0 Å². The molecule has 0 amide bonds. The zero-order valence-corrected chi connectivity index (χ0v) is 9.89. The summed E-state index contributed by atoms with van der Waals surface area (Å²) in [5.74, 6) is -0.746. The van der Waals surface area contributed by atoms with Gasteiger partial charge in [-0.15, -0.1) is 11.6 Å². The normalized spacial score (nSPS) is 14.1. The van der Waals surface area contributed by atoms with Crippen LogP contribution in [0.4, 0.5) is 5.82 Å². The molecule has 94 valence electrons. The molecule has 1 rings (SSSR count). The number of anilines is 1. The quantitative estimate of drug-likeness (QED) is 0.523. The lowest BCUT2D eigenvalue weighted by Crippen LogP contribution is -2.21. The average molecular weight is 261 g/mol. The highest BCUT2D eigenvalue weighted by Crippen LogP contribution is 2.23. The molecule has 1 heterocycles. The van der Waals surface area contributed by atoms with Gasteiger partial charge in [-0.2, -0.15) is 0 Å². The summed E-state index contributed by atoms with van der Waals surface area (Å²) in [7, 11) is 1.22. The molecule has 0 aliphatic heterocycles. The van der Waals surface area contributed by atoms with E-state index < -0.39 is 18.2 Å². The average Bonchev–Trinajstić information content (AvgIpc) is 2.36. The summed E-state index contributed by atoms with van der Waals surface area (Å²) in [6, 6.07) is 1.31. The summed E-state index contributed by atoms with van der Waals surface area (Å²) in [5.41, 5.74) is 5.82. The van der Waals surface area contributed by atoms with Gasteiger partial charge in [-0.05, 0) is 6.07 Å². The molecule has 1 aromatic heterocycles. The molecular formula is C10H13ClN2O4. The van der Waals surface area contributed by atoms with E-state index in [1.807, 2.05) is 0 Å². The Bertz CT molecular complexity index is 413. The summed E-state index contributed by atoms with van der Waals surface area (Å²) in [6.07, 6.45) is -1.26. The van der Waals surface area contributed by atoms with E-state index in [1.54, 1.807) is 0 Å². The van der Waals surface area contributed by atoms with E-state index in [4.69, 9.17) is 17.3 Å². The molecule has 0 radical (unpaired) electrons. The van der Waals surface area contributed by atoms with Crippen LogP contribution in [-0.4, -0.2) is 40.3 Å². The lowest BCUT2D eigenvalue weighted by atomic mass is 10.0. The minimum Gasteiger partial charge on any atom is -0.465 e. The molecule has 1 aromatic rings. The molecule has 0 bridgehead atoms. The highest BCUT2D eigenvalue weighted by atomic mass is 35.5. The number of methoxy groups -OCH3 is 1. The monoisotopic (exact) mass is 260 g/mol. The third-order valence-electron chi connectivity index (χ3n) is 2.21. The summed E-state index contributed by atoms with van der Waals surface area (Å²) in [5, 5.41) is 19.2. The van der Waals surface area contributed by atoms with Crippen LogP contribution < -0.4 is 5.73 Å². The van der Waals surface area contributed by atoms with Crippen LogP contribution in [0.25, 0.3) is 0 Å². The number of rotatable bonds is 4. The number of aliphatic hydroxyl groups is 2. The standard InChI is InChI=1S/C10H13ClN2O4/c1-17-10(16)5-2-6(9(12)13-4-5)8(15)7(14)3-11/h2,4,7-8,14-15H,3H2,1H3,(H2,12,13). The zero-order valence-electron chi connectivity index (χ0n) is 9.13. The van der Waals surface area contributed by atoms with Gasteiger partial charge in [-0.25, -0.2) is 9.78 Å². The lowest BCUT2D eigenvalue weighted by molar-refractivity contribution is 0.0328. The molecule has 0 spiro atoms. The number of carbonyl (C=O) groups is 1. The van der Waals surface area contributed by atoms with Crippen LogP contribution in [0.3, 0.4) is 0 Å². The fourth-order valence-electron chi connectivity index (χ4n) is 1.25. The third-order valence-corrected chi connectivity index (χ3v) is 2.53. The number of pyridine rings is 1. The minimum atomic E-state index is -1.30. The predicted molar refractivity (Wildman–Crippen MR) is 61.7 cm³/mol. The number of aromatic nitrogens is 1. The smallest absolute Gasteiger partial charge is 0.339 e. The molecule has 2 atom stereocenters. The number of halogens is 1. The number of alkyl halides is 1. The molecule has 6 nitrogen and oxygen atoms in total. The number of carbonyl (C=O) groups excluding carboxylic acids is 1. The van der Waals surface area contributed by atoms with Crippen molar-refractivity contribution in [2.45, 2.75) is 12.2 Å². The first-order valence-electron chi connectivity index (χ1n) is 4.77. The number of nitrogen functional groups attached to an aromatic ring is 1. The minimum absolute atomic E-state index is 0.0225. The Hall–Kier alpha value is -1.37. The second kappa shape index (κ2) is 5.81. The Morgan fingerprint density at radius 2 is 2.29 bits per heavy atom. The maximum atomic E-state index is 11.3. The number of nitrogens with two attached hydrogens (primary N) is 1. The van der Waals surface area contributed by atoms with Crippen molar-refractivity contribution in [3.63, 3.8) is 0 Å². The van der Waals surface area contributed by atoms with Gasteiger partial charge >= 0.3 is 5.97 Å². The molecule has 0 aromatic carbocycles. The third kappa shape index (κ3) is 3.06. The molecule has 2 unspecified atom stereocenters. The van der Waals surface area contributed by atoms with E-state index in [0.29, 0.717) is 0 Å². The Balaban J connectivity index is 3.10. The largest absolute Gasteiger partial charge is 0.465 e. The van der Waals surface area contributed by atoms with Crippen LogP contribution in [0.2, 0.25) is 0 Å². The second-order valence-electron chi connectivity index (χ2n) is 3.36. The van der Waals surface area contributed by atoms with E-state index in [2.05, 4.69) is 9.72 Å². The van der Waals surface area contributed by atoms with Gasteiger partial charge in [0, 0.05) is 11.8 Å². The van der Waals surface area contributed by atoms with E-state index in [1.165, 1.54) is 19.4 Å². The van der Waals surface area contributed by atoms with Crippen LogP contribution >= 0.6 is 11.6 Å². The van der Waals surface area contributed by atoms with E-state index in [-0.39, 0.29) is 22.8 Å². The van der Waals surface area contributed by atoms with Gasteiger partial charge in [0.25, 0.3) is 0 Å². The number of ether oxygens (including phenoxy) is 1. The number of nitrogens with zero attached hydrogens (tertiary/aromatic N) is 1. The molecule has 0 saturated carbocycles. The fourth-order valence-corrected chi connectivity index (χ4v) is 1.42. The summed E-state index contributed by atoms with van der Waals surface area (Å²) < 4.78 is 4.51. The molecule has 17 heavy (non-hydrogen) atoms. The molecule has 0 aliphatic rings. The van der Waals surface area contributed by atoms with Gasteiger partial charge in [0.05, 0.1) is 24.7 Å². The number of aliphatic hydroxyl groups excluding tert-OH is 2. The van der Waals surface area contributed by atoms with Gasteiger partial charge < -0.3 is 20.7 Å². The predicted octanol–water partition coefficient (Wildman–Crippen LogP) is 0.0835. The van der Waals surface area contributed by atoms with Crippen molar-refractivity contribution in [1.82, 2.24) is 4.98 Å². The number of hydrogen-bond donors (Lipinski definition) is 3. The zero-order chi connectivity index (χ0) is 13.0. The highest BCUT2D eigenvalue weighted by molar-refractivity contribution is 6.18. The maximum absolute atomic E-state index is 11.3. The van der Waals surface area contributed by atoms with Crippen LogP contribution in [0.5, 0.6) is 0 Å². The van der Waals surface area contributed by atoms with Gasteiger partial charge in [0.2, 0.25) is 0 Å². The van der Waals surface area contributed by atoms with Crippen LogP contribution in [-0.2, 0) is 4.74 Å². The first-order chi connectivity index (χ1) is 8.01. The summed E-state index contributed by atoms with van der Waals surface area (Å²) in [4.78, 5) is 15.0. The first kappa shape index (κ1) is 13.7. The Kier molecular flexibility index (Phi) is 4.68. The Labute approximate surface area is 103 Å². The van der Waals surface area contributed by atoms with E-state index >= 15 is 0 Å². The van der Waals surface area contributed by atoms with Crippen molar-refractivity contribution in [2.75, 3.05) is 18.7 Å². The van der Waals surface area contributed by atoms with Crippen LogP contribution in [0, 0.1) is 0 Å². The van der Waals surface area contributed by atoms with Crippen LogP contribution in [0.15, 0.2) is 12.3 Å². The summed E-state index contributed by atoms with van der Waals surface area (Å²) in [6.45, 7) is 0.